The van der Waals surface area contributed by atoms with Crippen molar-refractivity contribution in [2.45, 2.75) is 23.6 Å². The van der Waals surface area contributed by atoms with Crippen LogP contribution >= 0.6 is 11.8 Å². The first kappa shape index (κ1) is 35.5. The summed E-state index contributed by atoms with van der Waals surface area (Å²) in [6.45, 7) is 2.35. The van der Waals surface area contributed by atoms with E-state index in [4.69, 9.17) is 0 Å². The molecule has 2 atom stereocenters. The average molecular weight is 812 g/mol. The number of nitrogens with zero attached hydrogens (tertiary/aromatic N) is 2. The fourth-order valence-corrected chi connectivity index (χ4v) is 11.6. The standard InChI is InChI=1S/C58H41N3S/c1-36-12-8-10-18-51(36)61-54-30-25-40(39-22-27-45-43(32-39)21-20-37-23-28-50-57(56(37)45)62-58(59-50)38-13-4-2-5-14-38)34-48(54)49-35-42(26-31-55(49)61)41-24-29-53-47(33-41)46-17-9-11-19-52(46)60(53)44-15-6-3-7-16-44/h2-11,13-36,58-59H,12H2,1H3. The highest BCUT2D eigenvalue weighted by molar-refractivity contribution is 8.00. The summed E-state index contributed by atoms with van der Waals surface area (Å²) in [5, 5.41) is 14.2. The average Bonchev–Trinajstić information content (AvgIpc) is 4.02. The van der Waals surface area contributed by atoms with Gasteiger partial charge in [0, 0.05) is 54.8 Å². The van der Waals surface area contributed by atoms with Crippen molar-refractivity contribution in [2.75, 3.05) is 5.32 Å². The van der Waals surface area contributed by atoms with E-state index in [9.17, 15) is 0 Å². The highest BCUT2D eigenvalue weighted by atomic mass is 32.2. The molecule has 11 aromatic rings. The summed E-state index contributed by atoms with van der Waals surface area (Å²) in [7, 11) is 0. The molecule has 9 aromatic carbocycles. The van der Waals surface area contributed by atoms with E-state index >= 15 is 0 Å². The molecule has 294 valence electrons. The number of hydrogen-bond donors (Lipinski definition) is 1. The molecular weight excluding hydrogens is 771 g/mol. The van der Waals surface area contributed by atoms with Gasteiger partial charge in [0.1, 0.15) is 5.37 Å². The minimum atomic E-state index is 0.202. The highest BCUT2D eigenvalue weighted by Gasteiger charge is 2.26. The Bertz CT molecular complexity index is 3680. The molecule has 1 N–H and O–H groups in total. The Morgan fingerprint density at radius 2 is 1.08 bits per heavy atom. The van der Waals surface area contributed by atoms with Crippen molar-refractivity contribution in [2.24, 2.45) is 5.92 Å². The number of thioether (sulfide) groups is 1. The summed E-state index contributed by atoms with van der Waals surface area (Å²) in [6.07, 6.45) is 7.86. The van der Waals surface area contributed by atoms with E-state index in [1.807, 2.05) is 11.8 Å². The van der Waals surface area contributed by atoms with Gasteiger partial charge in [-0.2, -0.15) is 0 Å². The lowest BCUT2D eigenvalue weighted by Gasteiger charge is -2.20. The zero-order chi connectivity index (χ0) is 40.9. The van der Waals surface area contributed by atoms with E-state index in [2.05, 4.69) is 222 Å². The molecule has 2 aliphatic rings. The Hall–Kier alpha value is -7.27. The fourth-order valence-electron chi connectivity index (χ4n) is 10.3. The van der Waals surface area contributed by atoms with Gasteiger partial charge < -0.3 is 14.5 Å². The maximum absolute atomic E-state index is 3.79. The lowest BCUT2D eigenvalue weighted by molar-refractivity contribution is 0.725. The Morgan fingerprint density at radius 3 is 1.81 bits per heavy atom. The number of nitrogens with one attached hydrogen (secondary N) is 1. The second kappa shape index (κ2) is 13.9. The molecule has 0 bridgehead atoms. The van der Waals surface area contributed by atoms with Gasteiger partial charge in [-0.05, 0) is 123 Å². The molecule has 4 heteroatoms. The van der Waals surface area contributed by atoms with Crippen LogP contribution < -0.4 is 5.32 Å². The van der Waals surface area contributed by atoms with Gasteiger partial charge in [0.25, 0.3) is 0 Å². The minimum Gasteiger partial charge on any atom is -0.368 e. The van der Waals surface area contributed by atoms with E-state index in [0.29, 0.717) is 5.92 Å². The number of hydrogen-bond acceptors (Lipinski definition) is 2. The van der Waals surface area contributed by atoms with E-state index in [1.54, 1.807) is 0 Å². The summed E-state index contributed by atoms with van der Waals surface area (Å²) in [5.41, 5.74) is 14.9. The zero-order valence-electron chi connectivity index (χ0n) is 34.2. The number of aromatic nitrogens is 2. The largest absolute Gasteiger partial charge is 0.368 e. The third kappa shape index (κ3) is 5.46. The number of rotatable bonds is 5. The van der Waals surface area contributed by atoms with E-state index in [-0.39, 0.29) is 5.37 Å². The Kier molecular flexibility index (Phi) is 7.95. The van der Waals surface area contributed by atoms with Gasteiger partial charge in [-0.3, -0.25) is 0 Å². The molecule has 2 unspecified atom stereocenters. The monoisotopic (exact) mass is 811 g/mol. The van der Waals surface area contributed by atoms with Crippen LogP contribution in [0.3, 0.4) is 0 Å². The Labute approximate surface area is 364 Å². The van der Waals surface area contributed by atoms with Crippen molar-refractivity contribution in [3.8, 4) is 27.9 Å². The molecule has 3 heterocycles. The molecule has 62 heavy (non-hydrogen) atoms. The minimum absolute atomic E-state index is 0.202. The van der Waals surface area contributed by atoms with Crippen molar-refractivity contribution in [1.82, 2.24) is 9.13 Å². The van der Waals surface area contributed by atoms with Crippen molar-refractivity contribution in [3.63, 3.8) is 0 Å². The van der Waals surface area contributed by atoms with Gasteiger partial charge in [-0.15, -0.1) is 0 Å². The molecule has 13 rings (SSSR count). The molecule has 0 saturated heterocycles. The predicted octanol–water partition coefficient (Wildman–Crippen LogP) is 16.2. The molecule has 0 saturated carbocycles. The van der Waals surface area contributed by atoms with E-state index in [1.165, 1.54) is 115 Å². The van der Waals surface area contributed by atoms with Crippen LogP contribution in [0.25, 0.3) is 98.8 Å². The maximum Gasteiger partial charge on any atom is 0.103 e. The van der Waals surface area contributed by atoms with E-state index in [0.717, 1.165) is 6.42 Å². The summed E-state index contributed by atoms with van der Waals surface area (Å²) < 4.78 is 4.91. The van der Waals surface area contributed by atoms with Crippen molar-refractivity contribution < 1.29 is 0 Å². The maximum atomic E-state index is 3.79. The van der Waals surface area contributed by atoms with Crippen LogP contribution in [0.15, 0.2) is 205 Å². The van der Waals surface area contributed by atoms with Crippen LogP contribution in [0.5, 0.6) is 0 Å². The van der Waals surface area contributed by atoms with Gasteiger partial charge in [-0.1, -0.05) is 146 Å². The molecule has 0 amide bonds. The first-order valence-corrected chi connectivity index (χ1v) is 22.5. The predicted molar refractivity (Wildman–Crippen MR) is 266 cm³/mol. The SMILES string of the molecule is CC1CC=CC=C1n1c2ccc(-c3ccc4c(ccc5ccc6c(c54)SC(c4ccccc4)N6)c3)cc2c2cc(-c3ccc4c(c3)c3ccccc3n4-c3ccccc3)ccc21. The van der Waals surface area contributed by atoms with Gasteiger partial charge in [0.2, 0.25) is 0 Å². The van der Waals surface area contributed by atoms with Crippen LogP contribution in [-0.2, 0) is 0 Å². The number of benzene rings is 9. The number of para-hydroxylation sites is 2. The van der Waals surface area contributed by atoms with Crippen LogP contribution in [0.4, 0.5) is 5.69 Å². The smallest absolute Gasteiger partial charge is 0.103 e. The first-order valence-electron chi connectivity index (χ1n) is 21.7. The van der Waals surface area contributed by atoms with Crippen LogP contribution in [0.1, 0.15) is 24.3 Å². The number of allylic oxidation sites excluding steroid dienone is 4. The van der Waals surface area contributed by atoms with Gasteiger partial charge in [-0.25, -0.2) is 0 Å². The third-order valence-electron chi connectivity index (χ3n) is 13.4. The number of anilines is 1. The van der Waals surface area contributed by atoms with Gasteiger partial charge in [0.05, 0.1) is 22.1 Å². The first-order chi connectivity index (χ1) is 30.6. The van der Waals surface area contributed by atoms with Crippen LogP contribution in [0, 0.1) is 5.92 Å². The summed E-state index contributed by atoms with van der Waals surface area (Å²) in [5.74, 6) is 0.413. The van der Waals surface area contributed by atoms with Crippen molar-refractivity contribution in [1.29, 1.82) is 0 Å². The highest BCUT2D eigenvalue weighted by Crippen LogP contribution is 2.51. The molecule has 0 radical (unpaired) electrons. The zero-order valence-corrected chi connectivity index (χ0v) is 35.0. The second-order valence-electron chi connectivity index (χ2n) is 17.0. The summed E-state index contributed by atoms with van der Waals surface area (Å²) in [6, 6.07) is 67.6. The fraction of sp³-hybridized carbons (Fsp3) is 0.0690. The van der Waals surface area contributed by atoms with Crippen LogP contribution in [-0.4, -0.2) is 9.13 Å². The topological polar surface area (TPSA) is 21.9 Å². The third-order valence-corrected chi connectivity index (χ3v) is 14.6. The molecule has 1 aliphatic carbocycles. The normalized spacial score (nSPS) is 16.2. The Balaban J connectivity index is 0.956. The van der Waals surface area contributed by atoms with Gasteiger partial charge in [0.15, 0.2) is 0 Å². The molecule has 1 aliphatic heterocycles. The number of fused-ring (bicyclic) bond motifs is 11. The second-order valence-corrected chi connectivity index (χ2v) is 18.1. The van der Waals surface area contributed by atoms with Gasteiger partial charge >= 0.3 is 0 Å². The lowest BCUT2D eigenvalue weighted by atomic mass is 9.96. The molecule has 3 nitrogen and oxygen atoms in total. The van der Waals surface area contributed by atoms with Crippen molar-refractivity contribution >= 4 is 88.3 Å². The quantitative estimate of drug-likeness (QED) is 0.175. The van der Waals surface area contributed by atoms with E-state index < -0.39 is 0 Å². The lowest BCUT2D eigenvalue weighted by Crippen LogP contribution is -2.07. The molecular formula is C58H41N3S. The summed E-state index contributed by atoms with van der Waals surface area (Å²) >= 11 is 1.93. The van der Waals surface area contributed by atoms with Crippen LogP contribution in [0.2, 0.25) is 0 Å². The molecule has 0 spiro atoms. The Morgan fingerprint density at radius 1 is 0.500 bits per heavy atom. The molecule has 0 fully saturated rings. The van der Waals surface area contributed by atoms with Crippen molar-refractivity contribution in [3.05, 3.63) is 206 Å². The summed E-state index contributed by atoms with van der Waals surface area (Å²) in [4.78, 5) is 1.34. The molecule has 2 aromatic heterocycles.